The third kappa shape index (κ3) is 1.50. The first-order valence-electron chi connectivity index (χ1n) is 5.69. The Morgan fingerprint density at radius 2 is 2.38 bits per heavy atom. The van der Waals surface area contributed by atoms with Gasteiger partial charge in [-0.25, -0.2) is 4.52 Å². The third-order valence-electron chi connectivity index (χ3n) is 3.33. The van der Waals surface area contributed by atoms with Crippen molar-refractivity contribution < 1.29 is 0 Å². The number of fused-ring (bicyclic) bond motifs is 1. The topological polar surface area (TPSA) is 32.6 Å². The van der Waals surface area contributed by atoms with Crippen LogP contribution in [0.3, 0.4) is 0 Å². The lowest BCUT2D eigenvalue weighted by Crippen LogP contribution is -2.43. The lowest BCUT2D eigenvalue weighted by Gasteiger charge is -2.32. The molecular weight excluding hydrogens is 200 g/mol. The van der Waals surface area contributed by atoms with Crippen molar-refractivity contribution >= 4 is 5.52 Å². The van der Waals surface area contributed by atoms with Gasteiger partial charge < -0.3 is 5.32 Å². The van der Waals surface area contributed by atoms with Gasteiger partial charge in [0.25, 0.3) is 0 Å². The van der Waals surface area contributed by atoms with E-state index in [1.807, 2.05) is 23.0 Å². The largest absolute Gasteiger partial charge is 0.314 e. The monoisotopic (exact) mass is 216 g/mol. The molecule has 4 nitrogen and oxygen atoms in total. The van der Waals surface area contributed by atoms with E-state index in [0.717, 1.165) is 19.6 Å². The number of aromatic nitrogens is 2. The van der Waals surface area contributed by atoms with E-state index < -0.39 is 0 Å². The first-order valence-corrected chi connectivity index (χ1v) is 5.69. The van der Waals surface area contributed by atoms with Crippen LogP contribution in [0.5, 0.6) is 0 Å². The maximum atomic E-state index is 4.39. The SMILES string of the molecule is CN1CCNCC1c1cnn2ccccc12. The third-order valence-corrected chi connectivity index (χ3v) is 3.33. The van der Waals surface area contributed by atoms with Gasteiger partial charge in [-0.3, -0.25) is 4.90 Å². The van der Waals surface area contributed by atoms with Gasteiger partial charge in [0, 0.05) is 31.4 Å². The number of nitrogens with one attached hydrogen (secondary N) is 1. The zero-order valence-electron chi connectivity index (χ0n) is 9.43. The van der Waals surface area contributed by atoms with E-state index in [1.165, 1.54) is 11.1 Å². The summed E-state index contributed by atoms with van der Waals surface area (Å²) in [5, 5.41) is 7.83. The second-order valence-electron chi connectivity index (χ2n) is 4.33. The second kappa shape index (κ2) is 3.88. The molecule has 1 fully saturated rings. The number of likely N-dealkylation sites (N-methyl/N-ethyl adjacent to an activating group) is 1. The zero-order valence-corrected chi connectivity index (χ0v) is 9.43. The summed E-state index contributed by atoms with van der Waals surface area (Å²) in [7, 11) is 2.18. The minimum atomic E-state index is 0.439. The lowest BCUT2D eigenvalue weighted by molar-refractivity contribution is 0.203. The van der Waals surface area contributed by atoms with Gasteiger partial charge in [0.2, 0.25) is 0 Å². The quantitative estimate of drug-likeness (QED) is 0.769. The molecule has 0 amide bonds. The predicted molar refractivity (Wildman–Crippen MR) is 63.4 cm³/mol. The Kier molecular flexibility index (Phi) is 2.38. The average molecular weight is 216 g/mol. The Labute approximate surface area is 94.9 Å². The highest BCUT2D eigenvalue weighted by Gasteiger charge is 2.23. The minimum Gasteiger partial charge on any atom is -0.314 e. The molecule has 2 aromatic rings. The Morgan fingerprint density at radius 3 is 3.25 bits per heavy atom. The highest BCUT2D eigenvalue weighted by atomic mass is 15.2. The van der Waals surface area contributed by atoms with E-state index >= 15 is 0 Å². The summed E-state index contributed by atoms with van der Waals surface area (Å²) in [4.78, 5) is 2.39. The molecule has 3 heterocycles. The number of hydrogen-bond donors (Lipinski definition) is 1. The van der Waals surface area contributed by atoms with Crippen LogP contribution in [0.15, 0.2) is 30.6 Å². The number of nitrogens with zero attached hydrogens (tertiary/aromatic N) is 3. The maximum Gasteiger partial charge on any atom is 0.0710 e. The molecule has 0 radical (unpaired) electrons. The summed E-state index contributed by atoms with van der Waals surface area (Å²) in [5.41, 5.74) is 2.53. The van der Waals surface area contributed by atoms with Gasteiger partial charge in [-0.15, -0.1) is 0 Å². The first kappa shape index (κ1) is 9.81. The van der Waals surface area contributed by atoms with Crippen molar-refractivity contribution in [3.63, 3.8) is 0 Å². The Balaban J connectivity index is 2.04. The Bertz CT molecular complexity index is 490. The minimum absolute atomic E-state index is 0.439. The van der Waals surface area contributed by atoms with Crippen molar-refractivity contribution in [1.82, 2.24) is 19.8 Å². The fourth-order valence-electron chi connectivity index (χ4n) is 2.36. The van der Waals surface area contributed by atoms with Crippen molar-refractivity contribution in [3.8, 4) is 0 Å². The molecule has 1 N–H and O–H groups in total. The van der Waals surface area contributed by atoms with Gasteiger partial charge in [0.05, 0.1) is 17.8 Å². The number of piperazine rings is 1. The number of pyridine rings is 1. The first-order chi connectivity index (χ1) is 7.86. The summed E-state index contributed by atoms with van der Waals surface area (Å²) < 4.78 is 1.94. The highest BCUT2D eigenvalue weighted by molar-refractivity contribution is 5.55. The van der Waals surface area contributed by atoms with Crippen LogP contribution in [-0.4, -0.2) is 41.2 Å². The van der Waals surface area contributed by atoms with Crippen molar-refractivity contribution in [2.24, 2.45) is 0 Å². The van der Waals surface area contributed by atoms with Crippen LogP contribution in [0.2, 0.25) is 0 Å². The van der Waals surface area contributed by atoms with E-state index in [2.05, 4.69) is 34.5 Å². The van der Waals surface area contributed by atoms with E-state index in [4.69, 9.17) is 0 Å². The molecule has 1 aliphatic rings. The summed E-state index contributed by atoms with van der Waals surface area (Å²) in [6.07, 6.45) is 3.98. The van der Waals surface area contributed by atoms with E-state index in [9.17, 15) is 0 Å². The smallest absolute Gasteiger partial charge is 0.0710 e. The van der Waals surface area contributed by atoms with E-state index in [1.54, 1.807) is 0 Å². The molecule has 2 aromatic heterocycles. The van der Waals surface area contributed by atoms with Crippen LogP contribution in [0.1, 0.15) is 11.6 Å². The van der Waals surface area contributed by atoms with E-state index in [-0.39, 0.29) is 0 Å². The van der Waals surface area contributed by atoms with Crippen LogP contribution in [0, 0.1) is 0 Å². The van der Waals surface area contributed by atoms with E-state index in [0.29, 0.717) is 6.04 Å². The fraction of sp³-hybridized carbons (Fsp3) is 0.417. The van der Waals surface area contributed by atoms with Gasteiger partial charge in [-0.05, 0) is 19.2 Å². The average Bonchev–Trinajstić information content (AvgIpc) is 2.74. The standard InChI is InChI=1S/C12H16N4/c1-15-7-5-13-9-12(15)10-8-14-16-6-3-2-4-11(10)16/h2-4,6,8,12-13H,5,7,9H2,1H3. The molecule has 1 aliphatic heterocycles. The molecular formula is C12H16N4. The van der Waals surface area contributed by atoms with Crippen molar-refractivity contribution in [3.05, 3.63) is 36.2 Å². The van der Waals surface area contributed by atoms with Gasteiger partial charge in [-0.1, -0.05) is 6.07 Å². The molecule has 3 rings (SSSR count). The van der Waals surface area contributed by atoms with Crippen LogP contribution in [0.25, 0.3) is 5.52 Å². The van der Waals surface area contributed by atoms with Crippen molar-refractivity contribution in [1.29, 1.82) is 0 Å². The second-order valence-corrected chi connectivity index (χ2v) is 4.33. The zero-order chi connectivity index (χ0) is 11.0. The van der Waals surface area contributed by atoms with Gasteiger partial charge in [-0.2, -0.15) is 5.10 Å². The molecule has 0 aromatic carbocycles. The molecule has 0 aliphatic carbocycles. The normalized spacial score (nSPS) is 22.7. The molecule has 1 atom stereocenters. The van der Waals surface area contributed by atoms with Crippen molar-refractivity contribution in [2.75, 3.05) is 26.7 Å². The summed E-state index contributed by atoms with van der Waals surface area (Å²) >= 11 is 0. The van der Waals surface area contributed by atoms with Crippen LogP contribution < -0.4 is 5.32 Å². The molecule has 0 bridgehead atoms. The van der Waals surface area contributed by atoms with Crippen LogP contribution in [-0.2, 0) is 0 Å². The molecule has 1 saturated heterocycles. The summed E-state index contributed by atoms with van der Waals surface area (Å²) in [6, 6.07) is 6.64. The Hall–Kier alpha value is -1.39. The maximum absolute atomic E-state index is 4.39. The summed E-state index contributed by atoms with van der Waals surface area (Å²) in [5.74, 6) is 0. The molecule has 16 heavy (non-hydrogen) atoms. The van der Waals surface area contributed by atoms with Gasteiger partial charge in [0.1, 0.15) is 0 Å². The molecule has 0 spiro atoms. The highest BCUT2D eigenvalue weighted by Crippen LogP contribution is 2.24. The molecule has 84 valence electrons. The summed E-state index contributed by atoms with van der Waals surface area (Å²) in [6.45, 7) is 3.17. The van der Waals surface area contributed by atoms with Gasteiger partial charge >= 0.3 is 0 Å². The van der Waals surface area contributed by atoms with Crippen LogP contribution >= 0.6 is 0 Å². The molecule has 0 saturated carbocycles. The van der Waals surface area contributed by atoms with Gasteiger partial charge in [0.15, 0.2) is 0 Å². The van der Waals surface area contributed by atoms with Crippen molar-refractivity contribution in [2.45, 2.75) is 6.04 Å². The predicted octanol–water partition coefficient (Wildman–Crippen LogP) is 0.910. The lowest BCUT2D eigenvalue weighted by atomic mass is 10.1. The molecule has 4 heteroatoms. The number of rotatable bonds is 1. The van der Waals surface area contributed by atoms with Crippen LogP contribution in [0.4, 0.5) is 0 Å². The fourth-order valence-corrected chi connectivity index (χ4v) is 2.36. The Morgan fingerprint density at radius 1 is 1.44 bits per heavy atom. The number of hydrogen-bond acceptors (Lipinski definition) is 3. The molecule has 1 unspecified atom stereocenters.